The van der Waals surface area contributed by atoms with Crippen molar-refractivity contribution in [3.05, 3.63) is 11.7 Å². The van der Waals surface area contributed by atoms with Crippen LogP contribution < -0.4 is 5.32 Å². The molecule has 1 aromatic heterocycles. The van der Waals surface area contributed by atoms with Crippen molar-refractivity contribution >= 4 is 11.9 Å². The van der Waals surface area contributed by atoms with E-state index in [0.717, 1.165) is 51.7 Å². The number of piperidine rings is 1. The molecule has 0 aliphatic carbocycles. The van der Waals surface area contributed by atoms with E-state index in [4.69, 9.17) is 4.52 Å². The van der Waals surface area contributed by atoms with Crippen molar-refractivity contribution in [1.82, 2.24) is 25.3 Å². The van der Waals surface area contributed by atoms with E-state index in [1.807, 2.05) is 30.6 Å². The number of amides is 3. The van der Waals surface area contributed by atoms with Crippen LogP contribution in [0.5, 0.6) is 0 Å². The molecule has 2 aliphatic heterocycles. The van der Waals surface area contributed by atoms with E-state index in [2.05, 4.69) is 15.5 Å². The molecular formula is C19H31N5O3. The highest BCUT2D eigenvalue weighted by molar-refractivity contribution is 5.78. The lowest BCUT2D eigenvalue weighted by molar-refractivity contribution is -0.127. The Morgan fingerprint density at radius 2 is 2.07 bits per heavy atom. The topological polar surface area (TPSA) is 91.6 Å². The standard InChI is InChI=1S/C19H31N5O3/c1-19(2,3)17-21-15(27-22-17)13-20-18(26)24-11-5-4-7-14(24)9-12-23-10-6-8-16(23)25/h14H,4-13H2,1-3H3,(H,20,26). The average molecular weight is 377 g/mol. The molecule has 3 rings (SSSR count). The van der Waals surface area contributed by atoms with Crippen molar-refractivity contribution in [2.24, 2.45) is 0 Å². The first-order chi connectivity index (χ1) is 12.8. The Morgan fingerprint density at radius 1 is 1.26 bits per heavy atom. The van der Waals surface area contributed by atoms with Crippen molar-refractivity contribution in [3.8, 4) is 0 Å². The van der Waals surface area contributed by atoms with Gasteiger partial charge >= 0.3 is 6.03 Å². The van der Waals surface area contributed by atoms with Gasteiger partial charge in [-0.05, 0) is 32.1 Å². The fraction of sp³-hybridized carbons (Fsp3) is 0.789. The van der Waals surface area contributed by atoms with Crippen molar-refractivity contribution in [2.45, 2.75) is 77.3 Å². The minimum Gasteiger partial charge on any atom is -0.343 e. The van der Waals surface area contributed by atoms with Gasteiger partial charge in [0, 0.05) is 37.5 Å². The van der Waals surface area contributed by atoms with Crippen LogP contribution in [0.1, 0.15) is 71.0 Å². The van der Waals surface area contributed by atoms with Crippen molar-refractivity contribution in [3.63, 3.8) is 0 Å². The number of hydrogen-bond acceptors (Lipinski definition) is 5. The first-order valence-corrected chi connectivity index (χ1v) is 10.00. The quantitative estimate of drug-likeness (QED) is 0.851. The molecule has 2 aliphatic rings. The smallest absolute Gasteiger partial charge is 0.318 e. The third-order valence-corrected chi connectivity index (χ3v) is 5.32. The molecule has 2 fully saturated rings. The number of carbonyl (C=O) groups is 2. The van der Waals surface area contributed by atoms with Crippen LogP contribution >= 0.6 is 0 Å². The molecule has 0 radical (unpaired) electrons. The van der Waals surface area contributed by atoms with E-state index in [-0.39, 0.29) is 29.9 Å². The monoisotopic (exact) mass is 377 g/mol. The molecule has 2 saturated heterocycles. The zero-order valence-corrected chi connectivity index (χ0v) is 16.7. The molecule has 8 nitrogen and oxygen atoms in total. The summed E-state index contributed by atoms with van der Waals surface area (Å²) in [6.07, 6.45) is 5.59. The summed E-state index contributed by atoms with van der Waals surface area (Å²) < 4.78 is 5.24. The minimum absolute atomic E-state index is 0.0945. The molecule has 150 valence electrons. The molecule has 3 heterocycles. The summed E-state index contributed by atoms with van der Waals surface area (Å²) in [6.45, 7) is 8.63. The van der Waals surface area contributed by atoms with Crippen LogP contribution in [-0.2, 0) is 16.8 Å². The molecule has 1 unspecified atom stereocenters. The van der Waals surface area contributed by atoms with Gasteiger partial charge in [0.05, 0.1) is 6.54 Å². The van der Waals surface area contributed by atoms with Gasteiger partial charge in [0.1, 0.15) is 0 Å². The second kappa shape index (κ2) is 8.27. The third-order valence-electron chi connectivity index (χ3n) is 5.32. The molecule has 0 bridgehead atoms. The van der Waals surface area contributed by atoms with Gasteiger partial charge in [-0.1, -0.05) is 25.9 Å². The summed E-state index contributed by atoms with van der Waals surface area (Å²) in [5, 5.41) is 6.90. The van der Waals surface area contributed by atoms with Crippen molar-refractivity contribution in [2.75, 3.05) is 19.6 Å². The Balaban J connectivity index is 1.52. The molecule has 1 N–H and O–H groups in total. The lowest BCUT2D eigenvalue weighted by Gasteiger charge is -2.36. The second-order valence-corrected chi connectivity index (χ2v) is 8.54. The van der Waals surface area contributed by atoms with Gasteiger partial charge in [-0.25, -0.2) is 4.79 Å². The summed E-state index contributed by atoms with van der Waals surface area (Å²) in [7, 11) is 0. The zero-order valence-electron chi connectivity index (χ0n) is 16.7. The maximum Gasteiger partial charge on any atom is 0.318 e. The number of carbonyl (C=O) groups excluding carboxylic acids is 2. The van der Waals surface area contributed by atoms with Gasteiger partial charge in [-0.3, -0.25) is 4.79 Å². The summed E-state index contributed by atoms with van der Waals surface area (Å²) in [6, 6.07) is 0.0860. The molecule has 1 aromatic rings. The summed E-state index contributed by atoms with van der Waals surface area (Å²) >= 11 is 0. The largest absolute Gasteiger partial charge is 0.343 e. The number of likely N-dealkylation sites (tertiary alicyclic amines) is 2. The van der Waals surface area contributed by atoms with Crippen LogP contribution in [0.15, 0.2) is 4.52 Å². The molecule has 3 amide bonds. The highest BCUT2D eigenvalue weighted by atomic mass is 16.5. The van der Waals surface area contributed by atoms with Gasteiger partial charge < -0.3 is 19.6 Å². The van der Waals surface area contributed by atoms with E-state index in [1.165, 1.54) is 0 Å². The molecular weight excluding hydrogens is 346 g/mol. The predicted molar refractivity (Wildman–Crippen MR) is 100 cm³/mol. The van der Waals surface area contributed by atoms with Crippen LogP contribution in [0.3, 0.4) is 0 Å². The zero-order chi connectivity index (χ0) is 19.4. The maximum atomic E-state index is 12.7. The third kappa shape index (κ3) is 4.99. The molecule has 8 heteroatoms. The highest BCUT2D eigenvalue weighted by Gasteiger charge is 2.29. The molecule has 0 saturated carbocycles. The number of nitrogens with zero attached hydrogens (tertiary/aromatic N) is 4. The van der Waals surface area contributed by atoms with Crippen LogP contribution in [0.25, 0.3) is 0 Å². The molecule has 0 aromatic carbocycles. The maximum absolute atomic E-state index is 12.7. The fourth-order valence-electron chi connectivity index (χ4n) is 3.70. The van der Waals surface area contributed by atoms with Gasteiger partial charge in [-0.2, -0.15) is 4.98 Å². The minimum atomic E-state index is -0.184. The predicted octanol–water partition coefficient (Wildman–Crippen LogP) is 2.44. The van der Waals surface area contributed by atoms with E-state index in [0.29, 0.717) is 18.1 Å². The van der Waals surface area contributed by atoms with E-state index in [1.54, 1.807) is 0 Å². The Hall–Kier alpha value is -2.12. The van der Waals surface area contributed by atoms with Crippen molar-refractivity contribution in [1.29, 1.82) is 0 Å². The molecule has 27 heavy (non-hydrogen) atoms. The second-order valence-electron chi connectivity index (χ2n) is 8.54. The lowest BCUT2D eigenvalue weighted by atomic mass is 9.96. The number of hydrogen-bond donors (Lipinski definition) is 1. The Morgan fingerprint density at radius 3 is 2.74 bits per heavy atom. The Kier molecular flexibility index (Phi) is 6.01. The average Bonchev–Trinajstić information content (AvgIpc) is 3.27. The van der Waals surface area contributed by atoms with E-state index >= 15 is 0 Å². The number of rotatable bonds is 5. The SMILES string of the molecule is CC(C)(C)c1noc(CNC(=O)N2CCCCC2CCN2CCCC2=O)n1. The van der Waals surface area contributed by atoms with Crippen LogP contribution in [-0.4, -0.2) is 57.6 Å². The number of aromatic nitrogens is 2. The number of nitrogens with one attached hydrogen (secondary N) is 1. The Bertz CT molecular complexity index is 667. The van der Waals surface area contributed by atoms with Crippen LogP contribution in [0.4, 0.5) is 4.79 Å². The first kappa shape index (κ1) is 19.6. The Labute approximate surface area is 160 Å². The van der Waals surface area contributed by atoms with E-state index in [9.17, 15) is 9.59 Å². The van der Waals surface area contributed by atoms with E-state index < -0.39 is 0 Å². The normalized spacial score (nSPS) is 21.0. The van der Waals surface area contributed by atoms with Gasteiger partial charge in [0.15, 0.2) is 5.82 Å². The number of urea groups is 1. The van der Waals surface area contributed by atoms with Crippen molar-refractivity contribution < 1.29 is 14.1 Å². The summed E-state index contributed by atoms with van der Waals surface area (Å²) in [5.41, 5.74) is -0.184. The summed E-state index contributed by atoms with van der Waals surface area (Å²) in [4.78, 5) is 32.7. The van der Waals surface area contributed by atoms with Gasteiger partial charge in [0.2, 0.25) is 11.8 Å². The highest BCUT2D eigenvalue weighted by Crippen LogP contribution is 2.22. The fourth-order valence-corrected chi connectivity index (χ4v) is 3.70. The first-order valence-electron chi connectivity index (χ1n) is 10.00. The van der Waals surface area contributed by atoms with Crippen LogP contribution in [0, 0.1) is 0 Å². The van der Waals surface area contributed by atoms with Crippen LogP contribution in [0.2, 0.25) is 0 Å². The molecule has 1 atom stereocenters. The van der Waals surface area contributed by atoms with Gasteiger partial charge in [0.25, 0.3) is 0 Å². The summed E-state index contributed by atoms with van der Waals surface area (Å²) in [5.74, 6) is 1.30. The van der Waals surface area contributed by atoms with Gasteiger partial charge in [-0.15, -0.1) is 0 Å². The molecule has 0 spiro atoms. The lowest BCUT2D eigenvalue weighted by Crippen LogP contribution is -2.49.